The Balaban J connectivity index is 1.30. The molecule has 2 aromatic rings. The van der Waals surface area contributed by atoms with Gasteiger partial charge in [0.2, 0.25) is 0 Å². The average molecular weight is 450 g/mol. The van der Waals surface area contributed by atoms with Crippen molar-refractivity contribution in [3.63, 3.8) is 0 Å². The molecular formula is C23H26BF3O5. The molecule has 0 saturated carbocycles. The number of halogens is 3. The lowest BCUT2D eigenvalue weighted by molar-refractivity contribution is -0.274. The molecular weight excluding hydrogens is 424 g/mol. The van der Waals surface area contributed by atoms with Crippen molar-refractivity contribution in [2.75, 3.05) is 13.2 Å². The van der Waals surface area contributed by atoms with Crippen LogP contribution in [0.4, 0.5) is 13.2 Å². The SMILES string of the molecule is CCCCOc1ccc(B2OC[C@H]3O[C@@H](c4ccc(OC(F)(F)F)cc4)CC[C@@H]3O2)cc1. The monoisotopic (exact) mass is 450 g/mol. The highest BCUT2D eigenvalue weighted by Gasteiger charge is 2.41. The zero-order valence-corrected chi connectivity index (χ0v) is 17.8. The zero-order valence-electron chi connectivity index (χ0n) is 17.8. The van der Waals surface area contributed by atoms with Gasteiger partial charge < -0.3 is 23.5 Å². The fourth-order valence-corrected chi connectivity index (χ4v) is 3.91. The van der Waals surface area contributed by atoms with Gasteiger partial charge in [-0.2, -0.15) is 0 Å². The standard InChI is InChI=1S/C23H26BF3O5/c1-2-3-14-28-18-10-6-17(7-11-18)24-29-15-22-21(32-24)13-12-20(30-22)16-4-8-19(9-5-16)31-23(25,26)27/h4-11,20-22H,2-3,12-15H2,1H3/t20-,21+,22-/m1/s1. The van der Waals surface area contributed by atoms with Crippen molar-refractivity contribution in [3.8, 4) is 11.5 Å². The van der Waals surface area contributed by atoms with Crippen LogP contribution >= 0.6 is 0 Å². The number of benzene rings is 2. The van der Waals surface area contributed by atoms with E-state index < -0.39 is 13.5 Å². The topological polar surface area (TPSA) is 46.2 Å². The predicted octanol–water partition coefficient (Wildman–Crippen LogP) is 4.80. The zero-order chi connectivity index (χ0) is 22.6. The van der Waals surface area contributed by atoms with Gasteiger partial charge in [0.25, 0.3) is 0 Å². The summed E-state index contributed by atoms with van der Waals surface area (Å²) >= 11 is 0. The Kier molecular flexibility index (Phi) is 7.28. The van der Waals surface area contributed by atoms with E-state index >= 15 is 0 Å². The summed E-state index contributed by atoms with van der Waals surface area (Å²) in [5, 5.41) is 0. The molecule has 0 spiro atoms. The second kappa shape index (κ2) is 10.1. The maximum atomic E-state index is 12.3. The van der Waals surface area contributed by atoms with Gasteiger partial charge in [0.1, 0.15) is 17.6 Å². The molecule has 0 amide bonds. The second-order valence-corrected chi connectivity index (χ2v) is 7.97. The van der Waals surface area contributed by atoms with E-state index in [-0.39, 0.29) is 24.1 Å². The van der Waals surface area contributed by atoms with E-state index in [9.17, 15) is 13.2 Å². The minimum atomic E-state index is -4.70. The van der Waals surface area contributed by atoms with Gasteiger partial charge in [-0.1, -0.05) is 37.6 Å². The average Bonchev–Trinajstić information content (AvgIpc) is 2.78. The van der Waals surface area contributed by atoms with E-state index in [1.54, 1.807) is 12.1 Å². The molecule has 2 aromatic carbocycles. The minimum absolute atomic E-state index is 0.0988. The molecule has 0 aliphatic carbocycles. The molecule has 2 heterocycles. The Morgan fingerprint density at radius 3 is 2.38 bits per heavy atom. The van der Waals surface area contributed by atoms with Crippen LogP contribution in [0.2, 0.25) is 0 Å². The largest absolute Gasteiger partial charge is 0.573 e. The van der Waals surface area contributed by atoms with Gasteiger partial charge in [0.15, 0.2) is 0 Å². The van der Waals surface area contributed by atoms with Crippen LogP contribution in [0.25, 0.3) is 0 Å². The number of hydrogen-bond acceptors (Lipinski definition) is 5. The Morgan fingerprint density at radius 1 is 0.969 bits per heavy atom. The summed E-state index contributed by atoms with van der Waals surface area (Å²) in [7, 11) is -0.458. The van der Waals surface area contributed by atoms with Crippen LogP contribution < -0.4 is 14.9 Å². The minimum Gasteiger partial charge on any atom is -0.494 e. The Hall–Kier alpha value is -2.23. The molecule has 5 nitrogen and oxygen atoms in total. The van der Waals surface area contributed by atoms with Crippen LogP contribution in [0, 0.1) is 0 Å². The summed E-state index contributed by atoms with van der Waals surface area (Å²) in [6.07, 6.45) is -1.67. The molecule has 9 heteroatoms. The molecule has 2 aliphatic heterocycles. The van der Waals surface area contributed by atoms with Crippen LogP contribution in [0.1, 0.15) is 44.3 Å². The summed E-state index contributed by atoms with van der Waals surface area (Å²) in [5.41, 5.74) is 1.73. The third-order valence-electron chi connectivity index (χ3n) is 5.58. The van der Waals surface area contributed by atoms with Gasteiger partial charge in [0.05, 0.1) is 25.4 Å². The first kappa shape index (κ1) is 23.0. The quantitative estimate of drug-likeness (QED) is 0.448. The molecule has 0 aromatic heterocycles. The number of fused-ring (bicyclic) bond motifs is 1. The second-order valence-electron chi connectivity index (χ2n) is 7.97. The summed E-state index contributed by atoms with van der Waals surface area (Å²) in [4.78, 5) is 0. The van der Waals surface area contributed by atoms with Crippen molar-refractivity contribution in [1.29, 1.82) is 0 Å². The van der Waals surface area contributed by atoms with E-state index in [1.807, 2.05) is 24.3 Å². The van der Waals surface area contributed by atoms with E-state index in [4.69, 9.17) is 18.8 Å². The maximum Gasteiger partial charge on any atom is 0.573 e. The first-order chi connectivity index (χ1) is 15.4. The van der Waals surface area contributed by atoms with Gasteiger partial charge in [-0.3, -0.25) is 0 Å². The first-order valence-electron chi connectivity index (χ1n) is 10.9. The fourth-order valence-electron chi connectivity index (χ4n) is 3.91. The third-order valence-corrected chi connectivity index (χ3v) is 5.58. The lowest BCUT2D eigenvalue weighted by Gasteiger charge is -2.41. The van der Waals surface area contributed by atoms with Crippen LogP contribution in [0.3, 0.4) is 0 Å². The van der Waals surface area contributed by atoms with Crippen molar-refractivity contribution in [2.45, 2.75) is 57.3 Å². The molecule has 4 rings (SSSR count). The van der Waals surface area contributed by atoms with E-state index in [1.165, 1.54) is 12.1 Å². The number of alkyl halides is 3. The fraction of sp³-hybridized carbons (Fsp3) is 0.478. The maximum absolute atomic E-state index is 12.3. The van der Waals surface area contributed by atoms with Crippen molar-refractivity contribution in [3.05, 3.63) is 54.1 Å². The predicted molar refractivity (Wildman–Crippen MR) is 113 cm³/mol. The van der Waals surface area contributed by atoms with Crippen molar-refractivity contribution < 1.29 is 36.7 Å². The van der Waals surface area contributed by atoms with E-state index in [0.717, 1.165) is 36.0 Å². The van der Waals surface area contributed by atoms with Crippen molar-refractivity contribution >= 4 is 12.6 Å². The molecule has 3 atom stereocenters. The molecule has 0 bridgehead atoms. The molecule has 0 radical (unpaired) electrons. The summed E-state index contributed by atoms with van der Waals surface area (Å²) < 4.78 is 64.8. The highest BCUT2D eigenvalue weighted by atomic mass is 19.4. The van der Waals surface area contributed by atoms with Crippen molar-refractivity contribution in [1.82, 2.24) is 0 Å². The lowest BCUT2D eigenvalue weighted by Crippen LogP contribution is -2.54. The Morgan fingerprint density at radius 2 is 1.69 bits per heavy atom. The first-order valence-corrected chi connectivity index (χ1v) is 10.9. The molecule has 0 unspecified atom stereocenters. The normalized spacial score (nSPS) is 23.5. The molecule has 2 fully saturated rings. The van der Waals surface area contributed by atoms with E-state index in [0.29, 0.717) is 19.6 Å². The molecule has 32 heavy (non-hydrogen) atoms. The number of unbranched alkanes of at least 4 members (excludes halogenated alkanes) is 1. The van der Waals surface area contributed by atoms with Crippen LogP contribution in [-0.2, 0) is 14.0 Å². The molecule has 0 N–H and O–H groups in total. The Bertz CT molecular complexity index is 859. The summed E-state index contributed by atoms with van der Waals surface area (Å²) in [5.74, 6) is 0.579. The summed E-state index contributed by atoms with van der Waals surface area (Å²) in [6, 6.07) is 13.5. The highest BCUT2D eigenvalue weighted by Crippen LogP contribution is 2.35. The van der Waals surface area contributed by atoms with Gasteiger partial charge in [0, 0.05) is 0 Å². The van der Waals surface area contributed by atoms with E-state index in [2.05, 4.69) is 11.7 Å². The van der Waals surface area contributed by atoms with Gasteiger partial charge >= 0.3 is 13.5 Å². The highest BCUT2D eigenvalue weighted by molar-refractivity contribution is 6.61. The third kappa shape index (κ3) is 5.97. The number of rotatable bonds is 7. The van der Waals surface area contributed by atoms with Gasteiger partial charge in [-0.25, -0.2) is 0 Å². The molecule has 2 aliphatic rings. The van der Waals surface area contributed by atoms with Gasteiger partial charge in [-0.15, -0.1) is 13.2 Å². The smallest absolute Gasteiger partial charge is 0.494 e. The van der Waals surface area contributed by atoms with Gasteiger partial charge in [-0.05, 0) is 54.6 Å². The van der Waals surface area contributed by atoms with Crippen molar-refractivity contribution in [2.24, 2.45) is 0 Å². The molecule has 2 saturated heterocycles. The van der Waals surface area contributed by atoms with Crippen LogP contribution in [0.5, 0.6) is 11.5 Å². The number of hydrogen-bond donors (Lipinski definition) is 0. The summed E-state index contributed by atoms with van der Waals surface area (Å²) in [6.45, 7) is 3.21. The number of ether oxygens (including phenoxy) is 3. The Labute approximate surface area is 185 Å². The van der Waals surface area contributed by atoms with Crippen LogP contribution in [0.15, 0.2) is 48.5 Å². The lowest BCUT2D eigenvalue weighted by atomic mass is 9.76. The molecule has 172 valence electrons. The van der Waals surface area contributed by atoms with Crippen LogP contribution in [-0.4, -0.2) is 38.9 Å².